The zero-order valence-electron chi connectivity index (χ0n) is 13.4. The van der Waals surface area contributed by atoms with Crippen molar-refractivity contribution in [3.05, 3.63) is 35.6 Å². The first-order chi connectivity index (χ1) is 11.3. The molecule has 1 aliphatic carbocycles. The van der Waals surface area contributed by atoms with Crippen LogP contribution >= 0.6 is 0 Å². The molecule has 3 N–H and O–H groups in total. The lowest BCUT2D eigenvalue weighted by Gasteiger charge is -2.21. The summed E-state index contributed by atoms with van der Waals surface area (Å²) < 4.78 is 13.3. The van der Waals surface area contributed by atoms with Gasteiger partial charge in [-0.2, -0.15) is 0 Å². The van der Waals surface area contributed by atoms with Crippen LogP contribution in [0.15, 0.2) is 24.3 Å². The second-order valence-electron chi connectivity index (χ2n) is 6.17. The monoisotopic (exact) mass is 336 g/mol. The highest BCUT2D eigenvalue weighted by molar-refractivity contribution is 5.90. The minimum atomic E-state index is -1.09. The molecule has 0 unspecified atom stereocenters. The fourth-order valence-corrected chi connectivity index (χ4v) is 2.53. The van der Waals surface area contributed by atoms with E-state index in [4.69, 9.17) is 0 Å². The van der Waals surface area contributed by atoms with Crippen LogP contribution in [0.3, 0.4) is 0 Å². The van der Waals surface area contributed by atoms with E-state index in [1.807, 2.05) is 0 Å². The maximum Gasteiger partial charge on any atom is 0.326 e. The smallest absolute Gasteiger partial charge is 0.326 e. The van der Waals surface area contributed by atoms with Gasteiger partial charge in [-0.15, -0.1) is 0 Å². The van der Waals surface area contributed by atoms with Crippen molar-refractivity contribution < 1.29 is 23.9 Å². The van der Waals surface area contributed by atoms with Crippen molar-refractivity contribution in [2.45, 2.75) is 44.7 Å². The largest absolute Gasteiger partial charge is 0.480 e. The number of carbonyl (C=O) groups is 3. The van der Waals surface area contributed by atoms with Crippen LogP contribution in [-0.2, 0) is 20.8 Å². The third kappa shape index (κ3) is 5.64. The van der Waals surface area contributed by atoms with Crippen LogP contribution in [0.1, 0.15) is 31.7 Å². The van der Waals surface area contributed by atoms with Crippen molar-refractivity contribution in [3.8, 4) is 0 Å². The number of hydrogen-bond acceptors (Lipinski definition) is 3. The Labute approximate surface area is 139 Å². The highest BCUT2D eigenvalue weighted by Gasteiger charge is 2.32. The first-order valence-electron chi connectivity index (χ1n) is 7.90. The van der Waals surface area contributed by atoms with Crippen molar-refractivity contribution in [1.29, 1.82) is 0 Å². The summed E-state index contributed by atoms with van der Waals surface area (Å²) in [6.45, 7) is 1.27. The fraction of sp³-hybridized carbons (Fsp3) is 0.471. The summed E-state index contributed by atoms with van der Waals surface area (Å²) in [6.07, 6.45) is 2.41. The Kier molecular flexibility index (Phi) is 5.89. The number of amides is 2. The molecule has 0 heterocycles. The Hall–Kier alpha value is -2.44. The van der Waals surface area contributed by atoms with Gasteiger partial charge in [-0.3, -0.25) is 9.59 Å². The van der Waals surface area contributed by atoms with Crippen LogP contribution in [-0.4, -0.2) is 35.0 Å². The van der Waals surface area contributed by atoms with Crippen LogP contribution < -0.4 is 10.6 Å². The van der Waals surface area contributed by atoms with Crippen molar-refractivity contribution in [3.63, 3.8) is 0 Å². The fourth-order valence-electron chi connectivity index (χ4n) is 2.53. The summed E-state index contributed by atoms with van der Waals surface area (Å²) in [5.41, 5.74) is 0.540. The normalized spacial score (nSPS) is 16.1. The SMILES string of the molecule is CC(=O)N[C@H](Cc1cccc(F)c1)C(=O)N[C@@H](CC1CC1)C(=O)O. The van der Waals surface area contributed by atoms with Crippen molar-refractivity contribution in [1.82, 2.24) is 10.6 Å². The van der Waals surface area contributed by atoms with Crippen LogP contribution in [0.5, 0.6) is 0 Å². The summed E-state index contributed by atoms with van der Waals surface area (Å²) in [5, 5.41) is 14.2. The number of rotatable bonds is 8. The molecule has 2 amide bonds. The van der Waals surface area contributed by atoms with E-state index >= 15 is 0 Å². The number of hydrogen-bond donors (Lipinski definition) is 3. The van der Waals surface area contributed by atoms with Gasteiger partial charge in [0.05, 0.1) is 0 Å². The average molecular weight is 336 g/mol. The van der Waals surface area contributed by atoms with Crippen molar-refractivity contribution in [2.24, 2.45) is 5.92 Å². The summed E-state index contributed by atoms with van der Waals surface area (Å²) >= 11 is 0. The Morgan fingerprint density at radius 2 is 1.96 bits per heavy atom. The summed E-state index contributed by atoms with van der Waals surface area (Å²) in [6, 6.07) is 3.79. The number of carbonyl (C=O) groups excluding carboxylic acids is 2. The molecule has 6 nitrogen and oxygen atoms in total. The number of halogens is 1. The van der Waals surface area contributed by atoms with E-state index in [0.717, 1.165) is 12.8 Å². The predicted molar refractivity (Wildman–Crippen MR) is 84.6 cm³/mol. The minimum Gasteiger partial charge on any atom is -0.480 e. The molecular formula is C17H21FN2O4. The van der Waals surface area contributed by atoms with Gasteiger partial charge in [0, 0.05) is 13.3 Å². The minimum absolute atomic E-state index is 0.0823. The van der Waals surface area contributed by atoms with Gasteiger partial charge in [0.15, 0.2) is 0 Å². The number of carboxylic acid groups (broad SMARTS) is 1. The molecule has 2 atom stereocenters. The quantitative estimate of drug-likeness (QED) is 0.666. The molecule has 1 aromatic rings. The number of benzene rings is 1. The number of nitrogens with one attached hydrogen (secondary N) is 2. The van der Waals surface area contributed by atoms with Crippen LogP contribution in [0.4, 0.5) is 4.39 Å². The first kappa shape index (κ1) is 17.9. The maximum atomic E-state index is 13.3. The Morgan fingerprint density at radius 3 is 2.50 bits per heavy atom. The molecule has 0 aliphatic heterocycles. The Morgan fingerprint density at radius 1 is 1.25 bits per heavy atom. The molecule has 0 spiro atoms. The molecule has 1 aromatic carbocycles. The summed E-state index contributed by atoms with van der Waals surface area (Å²) in [4.78, 5) is 35.0. The molecule has 0 radical (unpaired) electrons. The number of carboxylic acids is 1. The van der Waals surface area contributed by atoms with Crippen molar-refractivity contribution >= 4 is 17.8 Å². The molecule has 2 rings (SSSR count). The van der Waals surface area contributed by atoms with E-state index in [9.17, 15) is 23.9 Å². The molecule has 24 heavy (non-hydrogen) atoms. The topological polar surface area (TPSA) is 95.5 Å². The maximum absolute atomic E-state index is 13.3. The molecule has 0 aromatic heterocycles. The molecule has 7 heteroatoms. The van der Waals surface area contributed by atoms with E-state index in [0.29, 0.717) is 17.9 Å². The zero-order valence-corrected chi connectivity index (χ0v) is 13.4. The lowest BCUT2D eigenvalue weighted by molar-refractivity contribution is -0.142. The first-order valence-corrected chi connectivity index (χ1v) is 7.90. The van der Waals surface area contributed by atoms with Gasteiger partial charge in [-0.1, -0.05) is 25.0 Å². The molecule has 0 saturated heterocycles. The van der Waals surface area contributed by atoms with Gasteiger partial charge in [-0.25, -0.2) is 9.18 Å². The molecule has 130 valence electrons. The second-order valence-corrected chi connectivity index (χ2v) is 6.17. The standard InChI is InChI=1S/C17H21FN2O4/c1-10(21)19-14(9-12-3-2-4-13(18)7-12)16(22)20-15(17(23)24)8-11-5-6-11/h2-4,7,11,14-15H,5-6,8-9H2,1H3,(H,19,21)(H,20,22)(H,23,24)/t14-,15+/m1/s1. The number of aliphatic carboxylic acids is 1. The summed E-state index contributed by atoms with van der Waals surface area (Å²) in [5.74, 6) is -2.20. The van der Waals surface area contributed by atoms with E-state index < -0.39 is 35.7 Å². The molecule has 0 bridgehead atoms. The lowest BCUT2D eigenvalue weighted by atomic mass is 10.0. The highest BCUT2D eigenvalue weighted by Crippen LogP contribution is 2.33. The van der Waals surface area contributed by atoms with Crippen LogP contribution in [0, 0.1) is 11.7 Å². The lowest BCUT2D eigenvalue weighted by Crippen LogP contribution is -2.52. The molecular weight excluding hydrogens is 315 g/mol. The Bertz CT molecular complexity index is 631. The van der Waals surface area contributed by atoms with E-state index in [2.05, 4.69) is 10.6 Å². The third-order valence-corrected chi connectivity index (χ3v) is 3.90. The Balaban J connectivity index is 2.05. The van der Waals surface area contributed by atoms with Gasteiger partial charge < -0.3 is 15.7 Å². The van der Waals surface area contributed by atoms with Gasteiger partial charge in [-0.05, 0) is 30.0 Å². The summed E-state index contributed by atoms with van der Waals surface area (Å²) in [7, 11) is 0. The van der Waals surface area contributed by atoms with E-state index in [1.165, 1.54) is 25.1 Å². The molecule has 1 fully saturated rings. The molecule has 1 saturated carbocycles. The van der Waals surface area contributed by atoms with Crippen LogP contribution in [0.25, 0.3) is 0 Å². The van der Waals surface area contributed by atoms with Gasteiger partial charge in [0.25, 0.3) is 0 Å². The average Bonchev–Trinajstić information content (AvgIpc) is 3.29. The van der Waals surface area contributed by atoms with Crippen LogP contribution in [0.2, 0.25) is 0 Å². The zero-order chi connectivity index (χ0) is 17.7. The van der Waals surface area contributed by atoms with Gasteiger partial charge in [0.1, 0.15) is 17.9 Å². The predicted octanol–water partition coefficient (Wildman–Crippen LogP) is 1.24. The molecule has 1 aliphatic rings. The highest BCUT2D eigenvalue weighted by atomic mass is 19.1. The third-order valence-electron chi connectivity index (χ3n) is 3.90. The van der Waals surface area contributed by atoms with Gasteiger partial charge in [0.2, 0.25) is 11.8 Å². The van der Waals surface area contributed by atoms with Crippen molar-refractivity contribution in [2.75, 3.05) is 0 Å². The second kappa shape index (κ2) is 7.90. The van der Waals surface area contributed by atoms with E-state index in [1.54, 1.807) is 6.07 Å². The van der Waals surface area contributed by atoms with E-state index in [-0.39, 0.29) is 6.42 Å². The van der Waals surface area contributed by atoms with Gasteiger partial charge >= 0.3 is 5.97 Å².